The molecule has 4 bridgehead atoms. The highest BCUT2D eigenvalue weighted by atomic mass is 35.5. The van der Waals surface area contributed by atoms with Gasteiger partial charge in [-0.15, -0.1) is 24.8 Å². The van der Waals surface area contributed by atoms with Crippen molar-refractivity contribution in [3.63, 3.8) is 0 Å². The molecule has 0 aromatic heterocycles. The lowest BCUT2D eigenvalue weighted by Gasteiger charge is -2.49. The lowest BCUT2D eigenvalue weighted by atomic mass is 9.63. The number of nitrogens with two attached hydrogens (primary N) is 1. The first-order valence-corrected chi connectivity index (χ1v) is 33.5. The maximum Gasteiger partial charge on any atom is 0.245 e. The third kappa shape index (κ3) is 15.8. The Balaban J connectivity index is 0.000000198. The van der Waals surface area contributed by atoms with E-state index in [1.54, 1.807) is 24.3 Å². The Morgan fingerprint density at radius 3 is 1.26 bits per heavy atom. The monoisotopic (exact) mass is 1240 g/mol. The van der Waals surface area contributed by atoms with Crippen molar-refractivity contribution in [2.75, 3.05) is 39.3 Å². The summed E-state index contributed by atoms with van der Waals surface area (Å²) < 4.78 is 26.9. The summed E-state index contributed by atoms with van der Waals surface area (Å²) in [6.07, 6.45) is 26.2. The Kier molecular flexibility index (Phi) is 24.3. The minimum Gasteiger partial charge on any atom is -0.344 e. The average molecular weight is 1240 g/mol. The molecule has 0 radical (unpaired) electrons. The number of piperazine rings is 1. The molecule has 10 aliphatic rings. The van der Waals surface area contributed by atoms with Crippen LogP contribution in [-0.4, -0.2) is 149 Å². The van der Waals surface area contributed by atoms with Crippen molar-refractivity contribution in [1.82, 2.24) is 40.9 Å². The zero-order chi connectivity index (χ0) is 59.1. The van der Waals surface area contributed by atoms with Gasteiger partial charge >= 0.3 is 0 Å². The quantitative estimate of drug-likeness (QED) is 0.139. The highest BCUT2D eigenvalue weighted by Crippen LogP contribution is 2.52. The summed E-state index contributed by atoms with van der Waals surface area (Å²) in [6.45, 7) is 13.1. The molecule has 2 aliphatic carbocycles. The second-order valence-corrected chi connectivity index (χ2v) is 28.1. The minimum absolute atomic E-state index is 0. The molecule has 8 saturated heterocycles. The minimum atomic E-state index is -0.717. The summed E-state index contributed by atoms with van der Waals surface area (Å²) in [5, 5.41) is 13.4. The number of carbonyl (C=O) groups excluding carboxylic acids is 5. The number of fused-ring (bicyclic) bond motifs is 4. The number of benzene rings is 2. The summed E-state index contributed by atoms with van der Waals surface area (Å²) >= 11 is 0. The lowest BCUT2D eigenvalue weighted by molar-refractivity contribution is -0.155. The number of hydrogen-bond acceptors (Lipinski definition) is 9. The molecule has 5 amide bonds. The Morgan fingerprint density at radius 1 is 0.523 bits per heavy atom. The summed E-state index contributed by atoms with van der Waals surface area (Å²) in [4.78, 5) is 77.8. The fraction of sp³-hybridized carbons (Fsp3) is 0.750. The normalized spacial score (nSPS) is 30.3. The van der Waals surface area contributed by atoms with E-state index in [-0.39, 0.29) is 83.0 Å². The molecule has 8 aliphatic heterocycles. The average Bonchev–Trinajstić information content (AvgIpc) is 2.19. The molecule has 0 spiro atoms. The van der Waals surface area contributed by atoms with Crippen LogP contribution in [0.3, 0.4) is 0 Å². The van der Waals surface area contributed by atoms with Crippen molar-refractivity contribution in [3.8, 4) is 0 Å². The third-order valence-corrected chi connectivity index (χ3v) is 22.3. The number of halogens is 4. The van der Waals surface area contributed by atoms with E-state index in [2.05, 4.69) is 58.8 Å². The molecule has 10 fully saturated rings. The van der Waals surface area contributed by atoms with Crippen molar-refractivity contribution >= 4 is 54.3 Å². The number of amides is 5. The smallest absolute Gasteiger partial charge is 0.245 e. The van der Waals surface area contributed by atoms with Gasteiger partial charge in [-0.3, -0.25) is 24.0 Å². The number of piperidine rings is 3. The Hall–Kier alpha value is -3.93. The highest BCUT2D eigenvalue weighted by molar-refractivity contribution is 5.90. The van der Waals surface area contributed by atoms with Gasteiger partial charge in [-0.2, -0.15) is 0 Å². The molecule has 1 unspecified atom stereocenters. The molecule has 86 heavy (non-hydrogen) atoms. The predicted molar refractivity (Wildman–Crippen MR) is 340 cm³/mol. The van der Waals surface area contributed by atoms with Crippen molar-refractivity contribution < 1.29 is 32.8 Å². The molecular formula is C68H105Cl2F2N9O5. The van der Waals surface area contributed by atoms with Gasteiger partial charge in [0.1, 0.15) is 17.7 Å². The van der Waals surface area contributed by atoms with Gasteiger partial charge in [-0.05, 0) is 197 Å². The van der Waals surface area contributed by atoms with Crippen LogP contribution in [0.4, 0.5) is 8.78 Å². The van der Waals surface area contributed by atoms with Gasteiger partial charge in [0.25, 0.3) is 0 Å². The number of nitrogens with one attached hydrogen (secondary N) is 4. The van der Waals surface area contributed by atoms with Crippen LogP contribution >= 0.6 is 24.8 Å². The largest absolute Gasteiger partial charge is 0.344 e. The summed E-state index contributed by atoms with van der Waals surface area (Å²) in [7, 11) is 0. The van der Waals surface area contributed by atoms with Crippen LogP contribution in [0.15, 0.2) is 48.5 Å². The van der Waals surface area contributed by atoms with Gasteiger partial charge in [0.15, 0.2) is 0 Å². The first-order chi connectivity index (χ1) is 40.5. The lowest BCUT2D eigenvalue weighted by Crippen LogP contribution is -2.58. The molecular weight excluding hydrogens is 1130 g/mol. The van der Waals surface area contributed by atoms with Gasteiger partial charge in [0.2, 0.25) is 29.5 Å². The van der Waals surface area contributed by atoms with E-state index in [0.29, 0.717) is 112 Å². The van der Waals surface area contributed by atoms with Crippen LogP contribution in [0.25, 0.3) is 0 Å². The van der Waals surface area contributed by atoms with E-state index in [1.165, 1.54) is 88.5 Å². The first-order valence-electron chi connectivity index (χ1n) is 33.5. The van der Waals surface area contributed by atoms with E-state index in [0.717, 1.165) is 101 Å². The van der Waals surface area contributed by atoms with E-state index < -0.39 is 12.1 Å². The fourth-order valence-corrected chi connectivity index (χ4v) is 17.8. The maximum absolute atomic E-state index is 14.5. The molecule has 2 aromatic carbocycles. The number of likely N-dealkylation sites (tertiary alicyclic amines) is 2. The van der Waals surface area contributed by atoms with Crippen LogP contribution in [0, 0.1) is 40.2 Å². The maximum atomic E-state index is 14.5. The zero-order valence-corrected chi connectivity index (χ0v) is 53.9. The Bertz CT molecular complexity index is 2480. The third-order valence-electron chi connectivity index (χ3n) is 22.3. The second-order valence-electron chi connectivity index (χ2n) is 28.1. The van der Waals surface area contributed by atoms with Crippen molar-refractivity contribution in [2.45, 2.75) is 255 Å². The van der Waals surface area contributed by atoms with E-state index in [9.17, 15) is 32.8 Å². The molecule has 18 heteroatoms. The molecule has 7 atom stereocenters. The van der Waals surface area contributed by atoms with Crippen LogP contribution in [0.5, 0.6) is 0 Å². The van der Waals surface area contributed by atoms with Crippen molar-refractivity contribution in [2.24, 2.45) is 34.3 Å². The van der Waals surface area contributed by atoms with E-state index >= 15 is 0 Å². The Morgan fingerprint density at radius 2 is 0.884 bits per heavy atom. The van der Waals surface area contributed by atoms with Crippen LogP contribution < -0.4 is 27.0 Å². The molecule has 2 saturated carbocycles. The van der Waals surface area contributed by atoms with Crippen LogP contribution in [0.2, 0.25) is 0 Å². The van der Waals surface area contributed by atoms with E-state index in [4.69, 9.17) is 5.73 Å². The number of rotatable bonds is 12. The first kappa shape index (κ1) is 68.0. The molecule has 480 valence electrons. The van der Waals surface area contributed by atoms with Gasteiger partial charge in [-0.1, -0.05) is 62.8 Å². The summed E-state index contributed by atoms with van der Waals surface area (Å²) in [5.41, 5.74) is 7.28. The van der Waals surface area contributed by atoms with Gasteiger partial charge in [0.05, 0.1) is 16.9 Å². The molecule has 6 N–H and O–H groups in total. The molecule has 14 nitrogen and oxygen atoms in total. The topological polar surface area (TPSA) is 172 Å². The predicted octanol–water partition coefficient (Wildman–Crippen LogP) is 9.81. The summed E-state index contributed by atoms with van der Waals surface area (Å²) in [6, 6.07) is 14.6. The van der Waals surface area contributed by atoms with E-state index in [1.807, 2.05) is 9.80 Å². The van der Waals surface area contributed by atoms with Crippen LogP contribution in [-0.2, 0) is 36.8 Å². The number of hydrogen-bond donors (Lipinski definition) is 5. The van der Waals surface area contributed by atoms with Crippen LogP contribution in [0.1, 0.15) is 193 Å². The van der Waals surface area contributed by atoms with Crippen molar-refractivity contribution in [1.29, 1.82) is 0 Å². The fourth-order valence-electron chi connectivity index (χ4n) is 17.8. The van der Waals surface area contributed by atoms with Gasteiger partial charge < -0.3 is 46.6 Å². The Labute approximate surface area is 525 Å². The second kappa shape index (κ2) is 30.7. The zero-order valence-electron chi connectivity index (χ0n) is 52.2. The molecule has 8 heterocycles. The van der Waals surface area contributed by atoms with Gasteiger partial charge in [-0.25, -0.2) is 8.78 Å². The SMILES string of the molecule is C[C@@H]1CC(C(=O)N[C@H](Cc2ccc(F)cc2)C(=O)N2CCC(C(=O)N3C4CCC3CC4)(C3CCCCC3)CC2)C[C@H](C)N1.C[C@@H]1CNC[C@H](C)N1.Cl.Cl.N[C@H](Cc1ccc(F)cc1)C(=O)N1CCC(C(=O)N2C3CCC2CC3)(C2CCCCC2)CC1. The highest BCUT2D eigenvalue weighted by Gasteiger charge is 2.56. The van der Waals surface area contributed by atoms with Crippen molar-refractivity contribution in [3.05, 3.63) is 71.3 Å². The molecule has 2 aromatic rings. The standard InChI is InChI=1S/C35H51FN4O3.C27H38FN3O2.C6H14N2.2ClH/c1-23-20-26(21-24(2)37-23)32(41)38-31(22-25-8-10-28(36)11-9-25)33(42)39-18-16-35(17-19-39,27-6-4-3-5-7-27)34(43)40-29-12-13-30(40)15-14-29;28-21-8-6-19(7-9-21)18-24(29)25(32)30-16-14-27(15-17-30,20-4-2-1-3-5-20)26(33)31-22-10-11-23(31)13-12-22;1-5-3-7-4-6(2)8-5;;/h8-11,23-24,26-27,29-31,37H,3-7,12-22H2,1-2H3,(H,38,41);6-9,20,22-24H,1-5,10-18,29H2;5-8H,3-4H2,1-2H3;2*1H/t23-,24+,26?,29?,30?,31-;22?,23?,24-;5-,6+;;/m11.../s1. The number of nitrogens with zero attached hydrogens (tertiary/aromatic N) is 4. The molecule has 12 rings (SSSR count). The number of carbonyl (C=O) groups is 5. The van der Waals surface area contributed by atoms with Gasteiger partial charge in [0, 0.05) is 99.9 Å². The summed E-state index contributed by atoms with van der Waals surface area (Å²) in [5.74, 6) is 0.656.